The molecule has 0 bridgehead atoms. The monoisotopic (exact) mass is 535 g/mol. The summed E-state index contributed by atoms with van der Waals surface area (Å²) >= 11 is 9.41. The third-order valence-corrected chi connectivity index (χ3v) is 7.53. The van der Waals surface area contributed by atoms with E-state index >= 15 is 0 Å². The van der Waals surface area contributed by atoms with Crippen molar-refractivity contribution in [3.63, 3.8) is 0 Å². The van der Waals surface area contributed by atoms with Gasteiger partial charge in [0, 0.05) is 20.6 Å². The Labute approximate surface area is 207 Å². The van der Waals surface area contributed by atoms with E-state index < -0.39 is 46.9 Å². The summed E-state index contributed by atoms with van der Waals surface area (Å²) in [5.74, 6) is -4.65. The first kappa shape index (κ1) is 21.4. The Hall–Kier alpha value is -3.13. The number of rotatable bonds is 2. The average molecular weight is 537 g/mol. The van der Waals surface area contributed by atoms with E-state index in [0.29, 0.717) is 16.3 Å². The molecule has 3 aromatic rings. The van der Waals surface area contributed by atoms with Crippen LogP contribution >= 0.6 is 27.5 Å². The number of Topliss-reactive ketones (excluding diaryl/α,β-unsaturated/α-hetero) is 2. The van der Waals surface area contributed by atoms with E-state index in [4.69, 9.17) is 16.3 Å². The fraction of sp³-hybridized carbons (Fsp3) is 0.154. The normalized spacial score (nSPS) is 24.8. The van der Waals surface area contributed by atoms with Crippen LogP contribution in [0.1, 0.15) is 32.4 Å². The Morgan fingerprint density at radius 2 is 1.47 bits per heavy atom. The highest BCUT2D eigenvalue weighted by Crippen LogP contribution is 2.57. The topological polar surface area (TPSA) is 80.8 Å². The van der Waals surface area contributed by atoms with Gasteiger partial charge in [-0.15, -0.1) is 0 Å². The van der Waals surface area contributed by atoms with Crippen molar-refractivity contribution >= 4 is 56.6 Å². The van der Waals surface area contributed by atoms with Crippen LogP contribution in [-0.4, -0.2) is 29.0 Å². The molecule has 6 nitrogen and oxygen atoms in total. The predicted octanol–water partition coefficient (Wildman–Crippen LogP) is 4.80. The molecule has 1 aliphatic carbocycles. The summed E-state index contributed by atoms with van der Waals surface area (Å²) in [7, 11) is 0. The molecule has 6 rings (SSSR count). The molecular weight excluding hydrogens is 522 g/mol. The Balaban J connectivity index is 1.55. The highest BCUT2D eigenvalue weighted by Gasteiger charge is 2.74. The van der Waals surface area contributed by atoms with Gasteiger partial charge < -0.3 is 4.74 Å². The molecule has 0 radical (unpaired) electrons. The minimum Gasteiger partial charge on any atom is -0.349 e. The molecule has 0 unspecified atom stereocenters. The SMILES string of the molecule is O=C1[C@@H]2[C@@H](c3cccc(Br)c3)OC3(C(=O)c4ccccc4C3=O)[C@H]2C(=O)N1c1ccc(Cl)cc1. The van der Waals surface area contributed by atoms with Gasteiger partial charge in [0.25, 0.3) is 0 Å². The summed E-state index contributed by atoms with van der Waals surface area (Å²) in [6.45, 7) is 0. The molecule has 0 saturated carbocycles. The lowest BCUT2D eigenvalue weighted by Crippen LogP contribution is -2.51. The number of fused-ring (bicyclic) bond motifs is 3. The fourth-order valence-electron chi connectivity index (χ4n) is 5.35. The molecule has 3 aromatic carbocycles. The van der Waals surface area contributed by atoms with E-state index in [9.17, 15) is 19.2 Å². The molecule has 2 aliphatic heterocycles. The Bertz CT molecular complexity index is 1380. The number of anilines is 1. The lowest BCUT2D eigenvalue weighted by Gasteiger charge is -2.27. The molecule has 0 aromatic heterocycles. The smallest absolute Gasteiger partial charge is 0.241 e. The first-order valence-corrected chi connectivity index (χ1v) is 11.8. The van der Waals surface area contributed by atoms with Crippen molar-refractivity contribution in [2.45, 2.75) is 11.7 Å². The van der Waals surface area contributed by atoms with E-state index in [0.717, 1.165) is 9.37 Å². The second kappa shape index (κ2) is 7.43. The number of ether oxygens (including phenoxy) is 1. The zero-order valence-corrected chi connectivity index (χ0v) is 19.7. The molecule has 2 amide bonds. The fourth-order valence-corrected chi connectivity index (χ4v) is 5.89. The maximum atomic E-state index is 13.8. The molecular formula is C26H15BrClNO5. The number of halogens is 2. The number of imide groups is 1. The molecule has 2 heterocycles. The summed E-state index contributed by atoms with van der Waals surface area (Å²) in [5.41, 5.74) is -0.767. The molecule has 2 fully saturated rings. The van der Waals surface area contributed by atoms with Crippen LogP contribution in [-0.2, 0) is 14.3 Å². The van der Waals surface area contributed by atoms with Crippen LogP contribution in [0.2, 0.25) is 5.02 Å². The van der Waals surface area contributed by atoms with E-state index in [-0.39, 0.29) is 11.1 Å². The van der Waals surface area contributed by atoms with Crippen LogP contribution in [0.5, 0.6) is 0 Å². The first-order valence-electron chi connectivity index (χ1n) is 10.6. The van der Waals surface area contributed by atoms with Crippen LogP contribution in [0.25, 0.3) is 0 Å². The first-order chi connectivity index (χ1) is 16.3. The number of hydrogen-bond acceptors (Lipinski definition) is 5. The highest BCUT2D eigenvalue weighted by atomic mass is 79.9. The molecule has 0 N–H and O–H groups in total. The Kier molecular flexibility index (Phi) is 4.68. The largest absolute Gasteiger partial charge is 0.349 e. The quantitative estimate of drug-likeness (QED) is 0.347. The van der Waals surface area contributed by atoms with Gasteiger partial charge in [-0.3, -0.25) is 19.2 Å². The molecule has 2 saturated heterocycles. The summed E-state index contributed by atoms with van der Waals surface area (Å²) < 4.78 is 7.00. The Morgan fingerprint density at radius 1 is 0.824 bits per heavy atom. The van der Waals surface area contributed by atoms with Gasteiger partial charge in [-0.2, -0.15) is 0 Å². The third kappa shape index (κ3) is 2.72. The second-order valence-corrected chi connectivity index (χ2v) is 9.88. The van der Waals surface area contributed by atoms with E-state index in [2.05, 4.69) is 15.9 Å². The zero-order chi connectivity index (χ0) is 23.8. The predicted molar refractivity (Wildman–Crippen MR) is 127 cm³/mol. The van der Waals surface area contributed by atoms with E-state index in [1.54, 1.807) is 66.7 Å². The number of ketones is 2. The van der Waals surface area contributed by atoms with Gasteiger partial charge in [0.1, 0.15) is 0 Å². The lowest BCUT2D eigenvalue weighted by atomic mass is 9.77. The summed E-state index contributed by atoms with van der Waals surface area (Å²) in [6.07, 6.45) is -0.960. The minimum atomic E-state index is -2.09. The number of benzene rings is 3. The number of hydrogen-bond donors (Lipinski definition) is 0. The minimum absolute atomic E-state index is 0.200. The Morgan fingerprint density at radius 3 is 2.09 bits per heavy atom. The van der Waals surface area contributed by atoms with Crippen molar-refractivity contribution in [2.24, 2.45) is 11.8 Å². The van der Waals surface area contributed by atoms with Crippen molar-refractivity contribution in [1.29, 1.82) is 0 Å². The van der Waals surface area contributed by atoms with Crippen molar-refractivity contribution in [3.8, 4) is 0 Å². The molecule has 8 heteroatoms. The van der Waals surface area contributed by atoms with Crippen LogP contribution in [0, 0.1) is 11.8 Å². The lowest BCUT2D eigenvalue weighted by molar-refractivity contribution is -0.127. The van der Waals surface area contributed by atoms with Crippen LogP contribution in [0.15, 0.2) is 77.3 Å². The molecule has 3 aliphatic rings. The summed E-state index contributed by atoms with van der Waals surface area (Å²) in [4.78, 5) is 56.0. The van der Waals surface area contributed by atoms with Gasteiger partial charge in [-0.05, 0) is 42.0 Å². The van der Waals surface area contributed by atoms with Gasteiger partial charge in [-0.25, -0.2) is 4.90 Å². The third-order valence-electron chi connectivity index (χ3n) is 6.78. The molecule has 168 valence electrons. The molecule has 3 atom stereocenters. The number of carbonyl (C=O) groups is 4. The maximum Gasteiger partial charge on any atom is 0.241 e. The molecule has 1 spiro atoms. The van der Waals surface area contributed by atoms with Gasteiger partial charge >= 0.3 is 0 Å². The van der Waals surface area contributed by atoms with Gasteiger partial charge in [-0.1, -0.05) is 63.9 Å². The van der Waals surface area contributed by atoms with E-state index in [1.165, 1.54) is 0 Å². The van der Waals surface area contributed by atoms with Gasteiger partial charge in [0.05, 0.1) is 23.6 Å². The van der Waals surface area contributed by atoms with Crippen molar-refractivity contribution < 1.29 is 23.9 Å². The van der Waals surface area contributed by atoms with Gasteiger partial charge in [0.15, 0.2) is 0 Å². The van der Waals surface area contributed by atoms with Crippen molar-refractivity contribution in [3.05, 3.63) is 99.0 Å². The average Bonchev–Trinajstić information content (AvgIpc) is 3.40. The highest BCUT2D eigenvalue weighted by molar-refractivity contribution is 9.10. The molecule has 34 heavy (non-hydrogen) atoms. The van der Waals surface area contributed by atoms with Crippen LogP contribution in [0.4, 0.5) is 5.69 Å². The zero-order valence-electron chi connectivity index (χ0n) is 17.4. The van der Waals surface area contributed by atoms with Crippen molar-refractivity contribution in [2.75, 3.05) is 4.90 Å². The van der Waals surface area contributed by atoms with E-state index in [1.807, 2.05) is 6.07 Å². The van der Waals surface area contributed by atoms with Gasteiger partial charge in [0.2, 0.25) is 29.0 Å². The number of carbonyl (C=O) groups excluding carboxylic acids is 4. The standard InChI is InChI=1S/C26H15BrClNO5/c27-14-5-3-4-13(12-14)21-19-20(25(33)29(24(19)32)16-10-8-15(28)9-11-16)26(34-21)22(30)17-6-1-2-7-18(17)23(26)31/h1-12,19-21H/t19-,20+,21+/m0/s1. The number of nitrogens with zero attached hydrogens (tertiary/aromatic N) is 1. The maximum absolute atomic E-state index is 13.8. The summed E-state index contributed by atoms with van der Waals surface area (Å²) in [6, 6.07) is 19.8. The summed E-state index contributed by atoms with van der Waals surface area (Å²) in [5, 5.41) is 0.450. The van der Waals surface area contributed by atoms with Crippen LogP contribution < -0.4 is 4.90 Å². The van der Waals surface area contributed by atoms with Crippen molar-refractivity contribution in [1.82, 2.24) is 0 Å². The van der Waals surface area contributed by atoms with Crippen LogP contribution in [0.3, 0.4) is 0 Å². The number of amides is 2. The second-order valence-electron chi connectivity index (χ2n) is 8.52.